The van der Waals surface area contributed by atoms with Crippen molar-refractivity contribution >= 4 is 34.6 Å². The SMILES string of the molecule is COC(=O)CCCOc1ccccc1C=CI. The van der Waals surface area contributed by atoms with Crippen molar-refractivity contribution < 1.29 is 14.3 Å². The molecule has 17 heavy (non-hydrogen) atoms. The van der Waals surface area contributed by atoms with Crippen molar-refractivity contribution in [2.45, 2.75) is 12.8 Å². The Kier molecular flexibility index (Phi) is 6.69. The van der Waals surface area contributed by atoms with E-state index in [1.54, 1.807) is 0 Å². The lowest BCUT2D eigenvalue weighted by atomic mass is 10.2. The zero-order valence-corrected chi connectivity index (χ0v) is 11.8. The fourth-order valence-corrected chi connectivity index (χ4v) is 1.71. The summed E-state index contributed by atoms with van der Waals surface area (Å²) in [5.41, 5.74) is 1.04. The molecule has 0 aliphatic rings. The maximum Gasteiger partial charge on any atom is 0.305 e. The van der Waals surface area contributed by atoms with Crippen LogP contribution in [0, 0.1) is 0 Å². The van der Waals surface area contributed by atoms with Crippen molar-refractivity contribution in [2.24, 2.45) is 0 Å². The van der Waals surface area contributed by atoms with E-state index in [1.807, 2.05) is 34.4 Å². The molecule has 0 amide bonds. The second-order valence-electron chi connectivity index (χ2n) is 3.36. The Morgan fingerprint density at radius 2 is 2.18 bits per heavy atom. The highest BCUT2D eigenvalue weighted by molar-refractivity contribution is 14.1. The first kappa shape index (κ1) is 14.0. The van der Waals surface area contributed by atoms with Crippen molar-refractivity contribution in [2.75, 3.05) is 13.7 Å². The van der Waals surface area contributed by atoms with Gasteiger partial charge in [0, 0.05) is 12.0 Å². The van der Waals surface area contributed by atoms with E-state index in [1.165, 1.54) is 7.11 Å². The van der Waals surface area contributed by atoms with Gasteiger partial charge < -0.3 is 9.47 Å². The summed E-state index contributed by atoms with van der Waals surface area (Å²) in [4.78, 5) is 10.9. The Hall–Kier alpha value is -1.04. The summed E-state index contributed by atoms with van der Waals surface area (Å²) in [6, 6.07) is 7.81. The second-order valence-corrected chi connectivity index (χ2v) is 4.08. The number of hydrogen-bond acceptors (Lipinski definition) is 3. The van der Waals surface area contributed by atoms with Gasteiger partial charge in [-0.3, -0.25) is 4.79 Å². The third kappa shape index (κ3) is 5.21. The van der Waals surface area contributed by atoms with Crippen LogP contribution in [0.15, 0.2) is 28.3 Å². The van der Waals surface area contributed by atoms with Crippen LogP contribution in [0.4, 0.5) is 0 Å². The Balaban J connectivity index is 2.43. The highest BCUT2D eigenvalue weighted by Gasteiger charge is 2.02. The van der Waals surface area contributed by atoms with Crippen molar-refractivity contribution in [1.29, 1.82) is 0 Å². The minimum absolute atomic E-state index is 0.200. The van der Waals surface area contributed by atoms with Crippen LogP contribution in [0.1, 0.15) is 18.4 Å². The normalized spacial score (nSPS) is 10.5. The molecule has 0 saturated carbocycles. The summed E-state index contributed by atoms with van der Waals surface area (Å²) in [6.07, 6.45) is 3.03. The molecule has 1 aromatic rings. The maximum absolute atomic E-state index is 10.9. The van der Waals surface area contributed by atoms with Crippen LogP contribution in [0.3, 0.4) is 0 Å². The molecular weight excluding hydrogens is 331 g/mol. The van der Waals surface area contributed by atoms with Gasteiger partial charge in [0.25, 0.3) is 0 Å². The van der Waals surface area contributed by atoms with E-state index in [2.05, 4.69) is 27.3 Å². The molecule has 0 atom stereocenters. The third-order valence-corrected chi connectivity index (χ3v) is 2.53. The van der Waals surface area contributed by atoms with E-state index in [-0.39, 0.29) is 5.97 Å². The van der Waals surface area contributed by atoms with Gasteiger partial charge >= 0.3 is 5.97 Å². The summed E-state index contributed by atoms with van der Waals surface area (Å²) >= 11 is 2.17. The maximum atomic E-state index is 10.9. The molecule has 0 aromatic heterocycles. The average molecular weight is 346 g/mol. The van der Waals surface area contributed by atoms with Crippen LogP contribution in [0.5, 0.6) is 5.75 Å². The molecule has 0 radical (unpaired) electrons. The molecule has 1 rings (SSSR count). The van der Waals surface area contributed by atoms with E-state index in [9.17, 15) is 4.79 Å². The van der Waals surface area contributed by atoms with Gasteiger partial charge in [0.2, 0.25) is 0 Å². The first-order valence-electron chi connectivity index (χ1n) is 5.33. The van der Waals surface area contributed by atoms with E-state index < -0.39 is 0 Å². The first-order valence-corrected chi connectivity index (χ1v) is 6.58. The number of carbonyl (C=O) groups excluding carboxylic acids is 1. The lowest BCUT2D eigenvalue weighted by Gasteiger charge is -2.08. The van der Waals surface area contributed by atoms with Crippen molar-refractivity contribution in [3.05, 3.63) is 33.9 Å². The number of para-hydroxylation sites is 1. The Labute approximate surface area is 115 Å². The highest BCUT2D eigenvalue weighted by atomic mass is 127. The second kappa shape index (κ2) is 8.11. The van der Waals surface area contributed by atoms with E-state index in [0.717, 1.165) is 11.3 Å². The molecule has 0 fully saturated rings. The molecule has 3 nitrogen and oxygen atoms in total. The van der Waals surface area contributed by atoms with Gasteiger partial charge in [0.15, 0.2) is 0 Å². The van der Waals surface area contributed by atoms with Gasteiger partial charge in [0.05, 0.1) is 13.7 Å². The summed E-state index contributed by atoms with van der Waals surface area (Å²) in [5.74, 6) is 0.638. The first-order chi connectivity index (χ1) is 8.27. The van der Waals surface area contributed by atoms with E-state index in [4.69, 9.17) is 4.74 Å². The van der Waals surface area contributed by atoms with Gasteiger partial charge in [-0.15, -0.1) is 0 Å². The molecule has 1 aromatic carbocycles. The molecule has 4 heteroatoms. The summed E-state index contributed by atoms with van der Waals surface area (Å²) < 4.78 is 12.1. The van der Waals surface area contributed by atoms with E-state index in [0.29, 0.717) is 19.4 Å². The summed E-state index contributed by atoms with van der Waals surface area (Å²) in [5, 5.41) is 0. The predicted octanol–water partition coefficient (Wildman–Crippen LogP) is 3.42. The van der Waals surface area contributed by atoms with Crippen molar-refractivity contribution in [3.8, 4) is 5.75 Å². The molecule has 0 spiro atoms. The van der Waals surface area contributed by atoms with Gasteiger partial charge in [-0.1, -0.05) is 40.8 Å². The van der Waals surface area contributed by atoms with Gasteiger partial charge in [0.1, 0.15) is 5.75 Å². The van der Waals surface area contributed by atoms with Gasteiger partial charge in [-0.25, -0.2) is 0 Å². The fraction of sp³-hybridized carbons (Fsp3) is 0.308. The van der Waals surface area contributed by atoms with Crippen LogP contribution in [0.25, 0.3) is 6.08 Å². The van der Waals surface area contributed by atoms with Crippen LogP contribution in [-0.2, 0) is 9.53 Å². The minimum Gasteiger partial charge on any atom is -0.493 e. The predicted molar refractivity (Wildman–Crippen MR) is 76.2 cm³/mol. The summed E-state index contributed by atoms with van der Waals surface area (Å²) in [7, 11) is 1.39. The molecule has 0 aliphatic heterocycles. The average Bonchev–Trinajstić information content (AvgIpc) is 2.36. The zero-order chi connectivity index (χ0) is 12.5. The highest BCUT2D eigenvalue weighted by Crippen LogP contribution is 2.20. The molecule has 0 saturated heterocycles. The van der Waals surface area contributed by atoms with Crippen LogP contribution in [0.2, 0.25) is 0 Å². The van der Waals surface area contributed by atoms with E-state index >= 15 is 0 Å². The number of benzene rings is 1. The monoisotopic (exact) mass is 346 g/mol. The lowest BCUT2D eigenvalue weighted by Crippen LogP contribution is -2.05. The van der Waals surface area contributed by atoms with Crippen LogP contribution >= 0.6 is 22.6 Å². The molecular formula is C13H15IO3. The van der Waals surface area contributed by atoms with Crippen LogP contribution in [-0.4, -0.2) is 19.7 Å². The van der Waals surface area contributed by atoms with Crippen LogP contribution < -0.4 is 4.74 Å². The molecule has 0 heterocycles. The number of hydrogen-bond donors (Lipinski definition) is 0. The number of halogens is 1. The molecule has 92 valence electrons. The Bertz CT molecular complexity index is 388. The zero-order valence-electron chi connectivity index (χ0n) is 9.69. The largest absolute Gasteiger partial charge is 0.493 e. The van der Waals surface area contributed by atoms with Gasteiger partial charge in [-0.05, 0) is 22.6 Å². The Morgan fingerprint density at radius 1 is 1.41 bits per heavy atom. The topological polar surface area (TPSA) is 35.5 Å². The van der Waals surface area contributed by atoms with Crippen molar-refractivity contribution in [1.82, 2.24) is 0 Å². The smallest absolute Gasteiger partial charge is 0.305 e. The minimum atomic E-state index is -0.200. The number of methoxy groups -OCH3 is 1. The number of rotatable bonds is 6. The molecule has 0 N–H and O–H groups in total. The molecule has 0 bridgehead atoms. The van der Waals surface area contributed by atoms with Crippen molar-refractivity contribution in [3.63, 3.8) is 0 Å². The standard InChI is InChI=1S/C13H15IO3/c1-16-13(15)7-4-10-17-12-6-3-2-5-11(12)8-9-14/h2-3,5-6,8-9H,4,7,10H2,1H3. The number of carbonyl (C=O) groups is 1. The fourth-order valence-electron chi connectivity index (χ4n) is 1.32. The van der Waals surface area contributed by atoms with Gasteiger partial charge in [-0.2, -0.15) is 0 Å². The lowest BCUT2D eigenvalue weighted by molar-refractivity contribution is -0.140. The Morgan fingerprint density at radius 3 is 2.88 bits per heavy atom. The third-order valence-electron chi connectivity index (χ3n) is 2.17. The number of ether oxygens (including phenoxy) is 2. The summed E-state index contributed by atoms with van der Waals surface area (Å²) in [6.45, 7) is 0.515. The quantitative estimate of drug-likeness (QED) is 0.450. The molecule has 0 aliphatic carbocycles. The molecule has 0 unspecified atom stereocenters. The number of esters is 1.